The number of carbonyl (C=O) groups excluding carboxylic acids is 1. The summed E-state index contributed by atoms with van der Waals surface area (Å²) in [5, 5.41) is 21.3. The van der Waals surface area contributed by atoms with Gasteiger partial charge in [0.05, 0.1) is 6.10 Å². The molecule has 2 aromatic rings. The highest BCUT2D eigenvalue weighted by atomic mass is 16.3. The number of hydrogen-bond donors (Lipinski definition) is 2. The molecule has 0 aliphatic carbocycles. The van der Waals surface area contributed by atoms with Gasteiger partial charge in [0.25, 0.3) is 0 Å². The summed E-state index contributed by atoms with van der Waals surface area (Å²) in [6.45, 7) is 0.819. The van der Waals surface area contributed by atoms with E-state index in [0.717, 1.165) is 16.3 Å². The van der Waals surface area contributed by atoms with Crippen LogP contribution in [0.25, 0.3) is 16.8 Å². The number of amides is 1. The van der Waals surface area contributed by atoms with Gasteiger partial charge in [0.15, 0.2) is 0 Å². The van der Waals surface area contributed by atoms with Crippen LogP contribution in [-0.2, 0) is 4.79 Å². The average Bonchev–Trinajstić information content (AvgIpc) is 2.59. The number of carbonyl (C=O) groups is 1. The molecule has 0 saturated carbocycles. The van der Waals surface area contributed by atoms with Crippen molar-refractivity contribution in [2.45, 2.75) is 12.5 Å². The van der Waals surface area contributed by atoms with Crippen LogP contribution >= 0.6 is 0 Å². The Morgan fingerprint density at radius 2 is 2.00 bits per heavy atom. The standard InChI is InChI=1S/C19H21NO3/c21-13-16-10-11-20(12-18(16)22)19(23)9-8-15-6-3-5-14-4-1-2-7-17(14)15/h1-9,16,18,21-22H,10-13H2/b9-8+. The molecule has 3 rings (SSSR count). The summed E-state index contributed by atoms with van der Waals surface area (Å²) in [7, 11) is 0. The van der Waals surface area contributed by atoms with Crippen molar-refractivity contribution in [1.82, 2.24) is 4.90 Å². The van der Waals surface area contributed by atoms with Gasteiger partial charge < -0.3 is 15.1 Å². The number of rotatable bonds is 3. The molecule has 1 heterocycles. The molecular weight excluding hydrogens is 290 g/mol. The molecule has 0 bridgehead atoms. The number of nitrogens with zero attached hydrogens (tertiary/aromatic N) is 1. The molecular formula is C19H21NO3. The Bertz CT molecular complexity index is 720. The molecule has 1 fully saturated rings. The fourth-order valence-electron chi connectivity index (χ4n) is 3.06. The molecule has 2 unspecified atom stereocenters. The van der Waals surface area contributed by atoms with Crippen LogP contribution < -0.4 is 0 Å². The Morgan fingerprint density at radius 3 is 2.78 bits per heavy atom. The Balaban J connectivity index is 1.73. The third-order valence-corrected chi connectivity index (χ3v) is 4.50. The van der Waals surface area contributed by atoms with E-state index in [2.05, 4.69) is 0 Å². The lowest BCUT2D eigenvalue weighted by molar-refractivity contribution is -0.130. The lowest BCUT2D eigenvalue weighted by atomic mass is 9.95. The molecule has 0 spiro atoms. The maximum absolute atomic E-state index is 12.3. The van der Waals surface area contributed by atoms with Crippen LogP contribution in [0.2, 0.25) is 0 Å². The molecule has 1 aliphatic rings. The van der Waals surface area contributed by atoms with Gasteiger partial charge in [0, 0.05) is 31.7 Å². The lowest BCUT2D eigenvalue weighted by Crippen LogP contribution is -2.47. The SMILES string of the molecule is O=C(/C=C/c1cccc2ccccc12)N1CCC(CO)C(O)C1. The minimum Gasteiger partial charge on any atom is -0.396 e. The van der Waals surface area contributed by atoms with Gasteiger partial charge in [-0.1, -0.05) is 42.5 Å². The van der Waals surface area contributed by atoms with Crippen LogP contribution in [0.3, 0.4) is 0 Å². The van der Waals surface area contributed by atoms with Crippen molar-refractivity contribution in [3.05, 3.63) is 54.1 Å². The third-order valence-electron chi connectivity index (χ3n) is 4.50. The smallest absolute Gasteiger partial charge is 0.246 e. The Hall–Kier alpha value is -2.17. The first-order valence-corrected chi connectivity index (χ1v) is 7.92. The van der Waals surface area contributed by atoms with Crippen molar-refractivity contribution in [3.8, 4) is 0 Å². The quantitative estimate of drug-likeness (QED) is 0.853. The fraction of sp³-hybridized carbons (Fsp3) is 0.316. The molecule has 0 aromatic heterocycles. The van der Waals surface area contributed by atoms with E-state index in [1.807, 2.05) is 48.5 Å². The van der Waals surface area contributed by atoms with Crippen molar-refractivity contribution >= 4 is 22.8 Å². The highest BCUT2D eigenvalue weighted by Crippen LogP contribution is 2.21. The second-order valence-electron chi connectivity index (χ2n) is 5.98. The molecule has 4 heteroatoms. The zero-order chi connectivity index (χ0) is 16.2. The number of fused-ring (bicyclic) bond motifs is 1. The summed E-state index contributed by atoms with van der Waals surface area (Å²) in [5.74, 6) is -0.227. The highest BCUT2D eigenvalue weighted by molar-refractivity contribution is 5.96. The van der Waals surface area contributed by atoms with Crippen LogP contribution in [0.15, 0.2) is 48.5 Å². The van der Waals surface area contributed by atoms with Crippen LogP contribution in [0.4, 0.5) is 0 Å². The van der Waals surface area contributed by atoms with E-state index in [1.54, 1.807) is 11.0 Å². The van der Waals surface area contributed by atoms with E-state index >= 15 is 0 Å². The summed E-state index contributed by atoms with van der Waals surface area (Å²) in [5.41, 5.74) is 1.00. The van der Waals surface area contributed by atoms with Gasteiger partial charge >= 0.3 is 0 Å². The van der Waals surface area contributed by atoms with Gasteiger partial charge in [0.2, 0.25) is 5.91 Å². The van der Waals surface area contributed by atoms with Crippen molar-refractivity contribution in [2.24, 2.45) is 5.92 Å². The molecule has 4 nitrogen and oxygen atoms in total. The van der Waals surface area contributed by atoms with Crippen molar-refractivity contribution < 1.29 is 15.0 Å². The zero-order valence-electron chi connectivity index (χ0n) is 12.9. The molecule has 1 amide bonds. The molecule has 23 heavy (non-hydrogen) atoms. The highest BCUT2D eigenvalue weighted by Gasteiger charge is 2.28. The summed E-state index contributed by atoms with van der Waals surface area (Å²) in [6, 6.07) is 14.1. The number of benzene rings is 2. The van der Waals surface area contributed by atoms with Crippen LogP contribution in [0.1, 0.15) is 12.0 Å². The molecule has 120 valence electrons. The van der Waals surface area contributed by atoms with E-state index in [1.165, 1.54) is 0 Å². The maximum Gasteiger partial charge on any atom is 0.246 e. The monoisotopic (exact) mass is 311 g/mol. The predicted octanol–water partition coefficient (Wildman–Crippen LogP) is 2.05. The Kier molecular flexibility index (Phi) is 4.74. The summed E-state index contributed by atoms with van der Waals surface area (Å²) in [6.07, 6.45) is 3.37. The van der Waals surface area contributed by atoms with Crippen LogP contribution in [0, 0.1) is 5.92 Å². The summed E-state index contributed by atoms with van der Waals surface area (Å²) < 4.78 is 0. The Labute approximate surface area is 135 Å². The average molecular weight is 311 g/mol. The number of aliphatic hydroxyl groups is 2. The second-order valence-corrected chi connectivity index (χ2v) is 5.98. The van der Waals surface area contributed by atoms with Gasteiger partial charge in [-0.3, -0.25) is 4.79 Å². The van der Waals surface area contributed by atoms with E-state index in [9.17, 15) is 9.90 Å². The molecule has 2 atom stereocenters. The molecule has 2 aromatic carbocycles. The topological polar surface area (TPSA) is 60.8 Å². The minimum atomic E-state index is -0.649. The Morgan fingerprint density at radius 1 is 1.22 bits per heavy atom. The molecule has 2 N–H and O–H groups in total. The van der Waals surface area contributed by atoms with Gasteiger partial charge in [-0.15, -0.1) is 0 Å². The molecule has 1 aliphatic heterocycles. The van der Waals surface area contributed by atoms with Crippen molar-refractivity contribution in [3.63, 3.8) is 0 Å². The zero-order valence-corrected chi connectivity index (χ0v) is 12.9. The number of β-amino-alcohol motifs (C(OH)–C–C–N with tert-alkyl or cyclic N) is 1. The molecule has 0 radical (unpaired) electrons. The van der Waals surface area contributed by atoms with Gasteiger partial charge in [-0.25, -0.2) is 0 Å². The first-order chi connectivity index (χ1) is 11.2. The minimum absolute atomic E-state index is 0.0327. The van der Waals surface area contributed by atoms with E-state index in [0.29, 0.717) is 13.0 Å². The summed E-state index contributed by atoms with van der Waals surface area (Å²) >= 11 is 0. The number of aliphatic hydroxyl groups excluding tert-OH is 2. The number of piperidine rings is 1. The predicted molar refractivity (Wildman–Crippen MR) is 90.8 cm³/mol. The normalized spacial score (nSPS) is 21.9. The second kappa shape index (κ2) is 6.94. The van der Waals surface area contributed by atoms with E-state index in [-0.39, 0.29) is 25.0 Å². The van der Waals surface area contributed by atoms with Gasteiger partial charge in [-0.05, 0) is 28.8 Å². The number of likely N-dealkylation sites (tertiary alicyclic amines) is 1. The van der Waals surface area contributed by atoms with Crippen molar-refractivity contribution in [1.29, 1.82) is 0 Å². The first-order valence-electron chi connectivity index (χ1n) is 7.92. The van der Waals surface area contributed by atoms with Crippen LogP contribution in [-0.4, -0.2) is 46.8 Å². The van der Waals surface area contributed by atoms with Gasteiger partial charge in [-0.2, -0.15) is 0 Å². The fourth-order valence-corrected chi connectivity index (χ4v) is 3.06. The number of hydrogen-bond acceptors (Lipinski definition) is 3. The van der Waals surface area contributed by atoms with E-state index < -0.39 is 6.10 Å². The summed E-state index contributed by atoms with van der Waals surface area (Å²) in [4.78, 5) is 14.0. The van der Waals surface area contributed by atoms with Crippen LogP contribution in [0.5, 0.6) is 0 Å². The largest absolute Gasteiger partial charge is 0.396 e. The maximum atomic E-state index is 12.3. The lowest BCUT2D eigenvalue weighted by Gasteiger charge is -2.34. The third kappa shape index (κ3) is 3.44. The molecule has 1 saturated heterocycles. The van der Waals surface area contributed by atoms with Crippen molar-refractivity contribution in [2.75, 3.05) is 19.7 Å². The first kappa shape index (κ1) is 15.7. The van der Waals surface area contributed by atoms with Gasteiger partial charge in [0.1, 0.15) is 0 Å². The van der Waals surface area contributed by atoms with E-state index in [4.69, 9.17) is 5.11 Å².